The normalized spacial score (nSPS) is 18.4. The third kappa shape index (κ3) is 2.69. The first-order valence-electron chi connectivity index (χ1n) is 6.67. The summed E-state index contributed by atoms with van der Waals surface area (Å²) in [5.41, 5.74) is 0.201. The molecule has 19 heavy (non-hydrogen) atoms. The number of hydrogen-bond acceptors (Lipinski definition) is 4. The minimum atomic E-state index is -0.713. The molecule has 0 atom stereocenters. The van der Waals surface area contributed by atoms with Crippen LogP contribution in [0.25, 0.3) is 10.9 Å². The molecule has 2 aromatic rings. The van der Waals surface area contributed by atoms with E-state index >= 15 is 0 Å². The Morgan fingerprint density at radius 3 is 2.89 bits per heavy atom. The maximum Gasteiger partial charge on any atom is 0.128 e. The Hall–Kier alpha value is -1.65. The van der Waals surface area contributed by atoms with Crippen molar-refractivity contribution in [2.75, 3.05) is 19.7 Å². The summed E-state index contributed by atoms with van der Waals surface area (Å²) in [4.78, 5) is 4.30. The topological polar surface area (TPSA) is 54.4 Å². The number of nitrogens with zero attached hydrogens (tertiary/aromatic N) is 1. The zero-order valence-electron chi connectivity index (χ0n) is 10.8. The highest BCUT2D eigenvalue weighted by Gasteiger charge is 2.30. The molecule has 0 aliphatic carbocycles. The van der Waals surface area contributed by atoms with Gasteiger partial charge in [0.1, 0.15) is 18.0 Å². The minimum absolute atomic E-state index is 0.336. The lowest BCUT2D eigenvalue weighted by Gasteiger charge is -2.32. The molecule has 1 saturated heterocycles. The quantitative estimate of drug-likeness (QED) is 0.880. The Bertz CT molecular complexity index is 560. The first-order valence-corrected chi connectivity index (χ1v) is 6.67. The molecule has 3 rings (SSSR count). The molecule has 1 aliphatic rings. The molecule has 4 heteroatoms. The van der Waals surface area contributed by atoms with Gasteiger partial charge < -0.3 is 15.2 Å². The van der Waals surface area contributed by atoms with Gasteiger partial charge in [-0.1, -0.05) is 6.07 Å². The van der Waals surface area contributed by atoms with Crippen molar-refractivity contribution in [2.24, 2.45) is 0 Å². The van der Waals surface area contributed by atoms with Gasteiger partial charge in [-0.15, -0.1) is 0 Å². The van der Waals surface area contributed by atoms with E-state index in [0.717, 1.165) is 42.6 Å². The van der Waals surface area contributed by atoms with Crippen molar-refractivity contribution in [3.8, 4) is 5.75 Å². The summed E-state index contributed by atoms with van der Waals surface area (Å²) in [6.45, 7) is 2.02. The van der Waals surface area contributed by atoms with E-state index in [1.54, 1.807) is 6.20 Å². The second kappa shape index (κ2) is 5.15. The molecule has 1 aliphatic heterocycles. The molecule has 0 radical (unpaired) electrons. The molecule has 100 valence electrons. The van der Waals surface area contributed by atoms with Crippen molar-refractivity contribution >= 4 is 10.9 Å². The van der Waals surface area contributed by atoms with Crippen molar-refractivity contribution in [3.63, 3.8) is 0 Å². The molecule has 2 N–H and O–H groups in total. The Labute approximate surface area is 112 Å². The summed E-state index contributed by atoms with van der Waals surface area (Å²) in [6, 6.07) is 9.70. The summed E-state index contributed by atoms with van der Waals surface area (Å²) in [6.07, 6.45) is 3.23. The van der Waals surface area contributed by atoms with Crippen LogP contribution in [0.2, 0.25) is 0 Å². The zero-order valence-corrected chi connectivity index (χ0v) is 10.8. The van der Waals surface area contributed by atoms with Crippen LogP contribution in [-0.2, 0) is 0 Å². The number of fused-ring (bicyclic) bond motifs is 1. The standard InChI is InChI=1S/C15H18N2O2/c18-15(6-9-16-10-7-15)11-19-14-5-1-4-13-12(14)3-2-8-17-13/h1-5,8,16,18H,6-7,9-11H2. The van der Waals surface area contributed by atoms with E-state index < -0.39 is 5.60 Å². The fourth-order valence-electron chi connectivity index (χ4n) is 2.45. The summed E-state index contributed by atoms with van der Waals surface area (Å²) in [5, 5.41) is 14.7. The van der Waals surface area contributed by atoms with Gasteiger partial charge in [-0.05, 0) is 50.2 Å². The summed E-state index contributed by atoms with van der Waals surface area (Å²) in [5.74, 6) is 0.789. The SMILES string of the molecule is OC1(COc2cccc3ncccc23)CCNCC1. The van der Waals surface area contributed by atoms with Gasteiger partial charge in [0, 0.05) is 11.6 Å². The van der Waals surface area contributed by atoms with Crippen LogP contribution in [-0.4, -0.2) is 35.4 Å². The van der Waals surface area contributed by atoms with Crippen molar-refractivity contribution in [2.45, 2.75) is 18.4 Å². The van der Waals surface area contributed by atoms with Gasteiger partial charge in [0.05, 0.1) is 5.52 Å². The van der Waals surface area contributed by atoms with E-state index in [-0.39, 0.29) is 0 Å². The average molecular weight is 258 g/mol. The second-order valence-corrected chi connectivity index (χ2v) is 5.09. The lowest BCUT2D eigenvalue weighted by molar-refractivity contribution is -0.0282. The largest absolute Gasteiger partial charge is 0.490 e. The first kappa shape index (κ1) is 12.4. The molecule has 0 saturated carbocycles. The number of piperidine rings is 1. The van der Waals surface area contributed by atoms with E-state index in [4.69, 9.17) is 4.74 Å². The fraction of sp³-hybridized carbons (Fsp3) is 0.400. The highest BCUT2D eigenvalue weighted by atomic mass is 16.5. The molecule has 4 nitrogen and oxygen atoms in total. The lowest BCUT2D eigenvalue weighted by atomic mass is 9.93. The van der Waals surface area contributed by atoms with E-state index in [1.165, 1.54) is 0 Å². The zero-order chi connectivity index (χ0) is 13.1. The molecular formula is C15H18N2O2. The third-order valence-corrected chi connectivity index (χ3v) is 3.64. The van der Waals surface area contributed by atoms with Crippen molar-refractivity contribution in [1.29, 1.82) is 0 Å². The Morgan fingerprint density at radius 2 is 2.05 bits per heavy atom. The molecular weight excluding hydrogens is 240 g/mol. The Balaban J connectivity index is 1.78. The Morgan fingerprint density at radius 1 is 1.21 bits per heavy atom. The predicted octanol–water partition coefficient (Wildman–Crippen LogP) is 1.73. The summed E-state index contributed by atoms with van der Waals surface area (Å²) < 4.78 is 5.84. The second-order valence-electron chi connectivity index (χ2n) is 5.09. The molecule has 2 heterocycles. The van der Waals surface area contributed by atoms with Crippen LogP contribution < -0.4 is 10.1 Å². The number of aromatic nitrogens is 1. The van der Waals surface area contributed by atoms with Gasteiger partial charge in [-0.3, -0.25) is 4.98 Å². The lowest BCUT2D eigenvalue weighted by Crippen LogP contribution is -2.45. The number of pyridine rings is 1. The third-order valence-electron chi connectivity index (χ3n) is 3.64. The number of ether oxygens (including phenoxy) is 1. The van der Waals surface area contributed by atoms with Crippen LogP contribution in [0.5, 0.6) is 5.75 Å². The number of hydrogen-bond donors (Lipinski definition) is 2. The molecule has 1 fully saturated rings. The van der Waals surface area contributed by atoms with Crippen LogP contribution in [0.3, 0.4) is 0 Å². The summed E-state index contributed by atoms with van der Waals surface area (Å²) >= 11 is 0. The molecule has 1 aromatic heterocycles. The number of nitrogens with one attached hydrogen (secondary N) is 1. The van der Waals surface area contributed by atoms with E-state index in [9.17, 15) is 5.11 Å². The fourth-order valence-corrected chi connectivity index (χ4v) is 2.45. The number of rotatable bonds is 3. The minimum Gasteiger partial charge on any atom is -0.490 e. The van der Waals surface area contributed by atoms with Gasteiger partial charge in [0.2, 0.25) is 0 Å². The van der Waals surface area contributed by atoms with Gasteiger partial charge in [-0.25, -0.2) is 0 Å². The molecule has 0 amide bonds. The summed E-state index contributed by atoms with van der Waals surface area (Å²) in [7, 11) is 0. The first-order chi connectivity index (χ1) is 9.27. The molecule has 1 aromatic carbocycles. The molecule has 0 unspecified atom stereocenters. The smallest absolute Gasteiger partial charge is 0.128 e. The highest BCUT2D eigenvalue weighted by Crippen LogP contribution is 2.26. The molecule has 0 bridgehead atoms. The van der Waals surface area contributed by atoms with Gasteiger partial charge in [0.25, 0.3) is 0 Å². The van der Waals surface area contributed by atoms with Crippen LogP contribution >= 0.6 is 0 Å². The highest BCUT2D eigenvalue weighted by molar-refractivity contribution is 5.84. The van der Waals surface area contributed by atoms with Crippen molar-refractivity contribution in [3.05, 3.63) is 36.5 Å². The predicted molar refractivity (Wildman–Crippen MR) is 74.3 cm³/mol. The monoisotopic (exact) mass is 258 g/mol. The molecule has 0 spiro atoms. The van der Waals surface area contributed by atoms with E-state index in [0.29, 0.717) is 6.61 Å². The van der Waals surface area contributed by atoms with Crippen LogP contribution in [0.15, 0.2) is 36.5 Å². The van der Waals surface area contributed by atoms with E-state index in [1.807, 2.05) is 30.3 Å². The number of benzene rings is 1. The van der Waals surface area contributed by atoms with E-state index in [2.05, 4.69) is 10.3 Å². The van der Waals surface area contributed by atoms with Gasteiger partial charge >= 0.3 is 0 Å². The van der Waals surface area contributed by atoms with Gasteiger partial charge in [-0.2, -0.15) is 0 Å². The maximum absolute atomic E-state index is 10.4. The average Bonchev–Trinajstić information content (AvgIpc) is 2.46. The maximum atomic E-state index is 10.4. The van der Waals surface area contributed by atoms with Crippen molar-refractivity contribution in [1.82, 2.24) is 10.3 Å². The number of aliphatic hydroxyl groups is 1. The Kier molecular flexibility index (Phi) is 3.36. The van der Waals surface area contributed by atoms with Crippen molar-refractivity contribution < 1.29 is 9.84 Å². The van der Waals surface area contributed by atoms with Crippen LogP contribution in [0, 0.1) is 0 Å². The van der Waals surface area contributed by atoms with Crippen LogP contribution in [0.4, 0.5) is 0 Å². The van der Waals surface area contributed by atoms with Crippen LogP contribution in [0.1, 0.15) is 12.8 Å². The van der Waals surface area contributed by atoms with Gasteiger partial charge in [0.15, 0.2) is 0 Å².